The molecule has 1 aliphatic rings. The van der Waals surface area contributed by atoms with E-state index in [2.05, 4.69) is 0 Å². The van der Waals surface area contributed by atoms with E-state index in [0.717, 1.165) is 12.8 Å². The van der Waals surface area contributed by atoms with E-state index in [-0.39, 0.29) is 11.9 Å². The van der Waals surface area contributed by atoms with E-state index in [1.165, 1.54) is 6.07 Å². The zero-order valence-electron chi connectivity index (χ0n) is 9.83. The van der Waals surface area contributed by atoms with Gasteiger partial charge in [0.2, 0.25) is 0 Å². The van der Waals surface area contributed by atoms with Crippen LogP contribution in [-0.4, -0.2) is 12.7 Å². The summed E-state index contributed by atoms with van der Waals surface area (Å²) in [5.41, 5.74) is 6.59. The second kappa shape index (κ2) is 5.34. The second-order valence-electron chi connectivity index (χ2n) is 4.45. The minimum atomic E-state index is -0.417. The lowest BCUT2D eigenvalue weighted by molar-refractivity contribution is 0.0275. The Balaban J connectivity index is 2.18. The van der Waals surface area contributed by atoms with Gasteiger partial charge in [-0.1, -0.05) is 17.7 Å². The first-order valence-corrected chi connectivity index (χ1v) is 6.33. The van der Waals surface area contributed by atoms with Crippen LogP contribution < -0.4 is 5.73 Å². The average Bonchev–Trinajstić information content (AvgIpc) is 3.09. The Morgan fingerprint density at radius 1 is 1.53 bits per heavy atom. The van der Waals surface area contributed by atoms with Crippen LogP contribution in [0.1, 0.15) is 31.4 Å². The Labute approximate surface area is 106 Å². The molecule has 1 fully saturated rings. The van der Waals surface area contributed by atoms with E-state index in [1.54, 1.807) is 12.1 Å². The fraction of sp³-hybridized carbons (Fsp3) is 0.538. The normalized spacial score (nSPS) is 19.1. The van der Waals surface area contributed by atoms with Crippen LogP contribution in [0.3, 0.4) is 0 Å². The number of benzene rings is 1. The molecule has 2 rings (SSSR count). The highest BCUT2D eigenvalue weighted by Crippen LogP contribution is 2.39. The first-order valence-electron chi connectivity index (χ1n) is 5.95. The zero-order valence-corrected chi connectivity index (χ0v) is 10.6. The van der Waals surface area contributed by atoms with Crippen LogP contribution in [0, 0.1) is 11.7 Å². The van der Waals surface area contributed by atoms with Gasteiger partial charge in [-0.2, -0.15) is 0 Å². The summed E-state index contributed by atoms with van der Waals surface area (Å²) < 4.78 is 19.4. The van der Waals surface area contributed by atoms with Gasteiger partial charge >= 0.3 is 0 Å². The number of hydrogen-bond donors (Lipinski definition) is 1. The van der Waals surface area contributed by atoms with Gasteiger partial charge in [0.15, 0.2) is 0 Å². The fourth-order valence-corrected chi connectivity index (χ4v) is 2.26. The molecule has 94 valence electrons. The SMILES string of the molecule is CCOC(C1CC1)C(N)c1ccc(Cl)cc1F. The van der Waals surface area contributed by atoms with Crippen molar-refractivity contribution in [2.45, 2.75) is 31.9 Å². The van der Waals surface area contributed by atoms with Gasteiger partial charge in [0, 0.05) is 17.2 Å². The summed E-state index contributed by atoms with van der Waals surface area (Å²) in [6, 6.07) is 4.19. The van der Waals surface area contributed by atoms with Crippen molar-refractivity contribution < 1.29 is 9.13 Å². The van der Waals surface area contributed by atoms with Crippen molar-refractivity contribution in [3.63, 3.8) is 0 Å². The zero-order chi connectivity index (χ0) is 12.4. The maximum atomic E-state index is 13.8. The van der Waals surface area contributed by atoms with E-state index in [0.29, 0.717) is 23.1 Å². The number of hydrogen-bond acceptors (Lipinski definition) is 2. The number of ether oxygens (including phenoxy) is 1. The highest BCUT2D eigenvalue weighted by Gasteiger charge is 2.37. The minimum absolute atomic E-state index is 0.0873. The van der Waals surface area contributed by atoms with Crippen LogP contribution in [0.5, 0.6) is 0 Å². The van der Waals surface area contributed by atoms with Crippen molar-refractivity contribution in [2.24, 2.45) is 11.7 Å². The Morgan fingerprint density at radius 3 is 2.76 bits per heavy atom. The summed E-state index contributed by atoms with van der Waals surface area (Å²) in [6.45, 7) is 2.53. The number of nitrogens with two attached hydrogens (primary N) is 1. The number of rotatable bonds is 5. The molecular weight excluding hydrogens is 241 g/mol. The van der Waals surface area contributed by atoms with Gasteiger partial charge in [0.05, 0.1) is 12.1 Å². The Hall–Kier alpha value is -0.640. The van der Waals surface area contributed by atoms with Crippen molar-refractivity contribution >= 4 is 11.6 Å². The molecule has 0 heterocycles. The quantitative estimate of drug-likeness (QED) is 0.879. The van der Waals surface area contributed by atoms with Crippen LogP contribution in [0.25, 0.3) is 0 Å². The van der Waals surface area contributed by atoms with Gasteiger partial charge in [-0.15, -0.1) is 0 Å². The summed E-state index contributed by atoms with van der Waals surface area (Å²) in [7, 11) is 0. The topological polar surface area (TPSA) is 35.2 Å². The van der Waals surface area contributed by atoms with Crippen molar-refractivity contribution in [3.05, 3.63) is 34.6 Å². The van der Waals surface area contributed by atoms with Gasteiger partial charge in [-0.25, -0.2) is 4.39 Å². The lowest BCUT2D eigenvalue weighted by atomic mass is 9.98. The van der Waals surface area contributed by atoms with E-state index >= 15 is 0 Å². The maximum Gasteiger partial charge on any atom is 0.129 e. The predicted octanol–water partition coefficient (Wildman–Crippen LogP) is 3.29. The summed E-state index contributed by atoms with van der Waals surface area (Å²) >= 11 is 5.73. The molecule has 0 amide bonds. The van der Waals surface area contributed by atoms with Gasteiger partial charge < -0.3 is 10.5 Å². The van der Waals surface area contributed by atoms with E-state index in [4.69, 9.17) is 22.1 Å². The van der Waals surface area contributed by atoms with Crippen LogP contribution in [0.2, 0.25) is 5.02 Å². The van der Waals surface area contributed by atoms with E-state index in [1.807, 2.05) is 6.92 Å². The third kappa shape index (κ3) is 2.97. The van der Waals surface area contributed by atoms with Crippen LogP contribution >= 0.6 is 11.6 Å². The third-order valence-electron chi connectivity index (χ3n) is 3.12. The van der Waals surface area contributed by atoms with E-state index < -0.39 is 6.04 Å². The van der Waals surface area contributed by atoms with Gasteiger partial charge in [0.25, 0.3) is 0 Å². The molecule has 0 aromatic heterocycles. The molecule has 0 radical (unpaired) electrons. The van der Waals surface area contributed by atoms with Crippen molar-refractivity contribution in [1.82, 2.24) is 0 Å². The smallest absolute Gasteiger partial charge is 0.129 e. The summed E-state index contributed by atoms with van der Waals surface area (Å²) in [6.07, 6.45) is 2.15. The first-order chi connectivity index (χ1) is 8.13. The molecule has 1 saturated carbocycles. The van der Waals surface area contributed by atoms with Crippen molar-refractivity contribution in [1.29, 1.82) is 0 Å². The molecule has 0 saturated heterocycles. The van der Waals surface area contributed by atoms with Crippen molar-refractivity contribution in [3.8, 4) is 0 Å². The molecule has 4 heteroatoms. The Bertz CT molecular complexity index is 395. The summed E-state index contributed by atoms with van der Waals surface area (Å²) in [4.78, 5) is 0. The van der Waals surface area contributed by atoms with Gasteiger partial charge in [-0.05, 0) is 37.8 Å². The summed E-state index contributed by atoms with van der Waals surface area (Å²) in [5, 5.41) is 0.387. The molecule has 2 atom stereocenters. The molecule has 17 heavy (non-hydrogen) atoms. The van der Waals surface area contributed by atoms with Crippen LogP contribution in [0.15, 0.2) is 18.2 Å². The molecule has 0 bridgehead atoms. The third-order valence-corrected chi connectivity index (χ3v) is 3.36. The van der Waals surface area contributed by atoms with Crippen LogP contribution in [-0.2, 0) is 4.74 Å². The maximum absolute atomic E-state index is 13.8. The molecule has 0 spiro atoms. The molecule has 1 aromatic rings. The van der Waals surface area contributed by atoms with Gasteiger partial charge in [-0.3, -0.25) is 0 Å². The molecule has 0 aliphatic heterocycles. The first kappa shape index (κ1) is 12.8. The average molecular weight is 258 g/mol. The molecular formula is C13H17ClFNO. The Morgan fingerprint density at radius 2 is 2.24 bits per heavy atom. The van der Waals surface area contributed by atoms with E-state index in [9.17, 15) is 4.39 Å². The largest absolute Gasteiger partial charge is 0.376 e. The Kier molecular flexibility index (Phi) is 4.02. The predicted molar refractivity (Wildman–Crippen MR) is 66.5 cm³/mol. The standard InChI is InChI=1S/C13H17ClFNO/c1-2-17-13(8-3-4-8)12(16)10-6-5-9(14)7-11(10)15/h5-8,12-13H,2-4,16H2,1H3. The molecule has 1 aliphatic carbocycles. The second-order valence-corrected chi connectivity index (χ2v) is 4.89. The monoisotopic (exact) mass is 257 g/mol. The molecule has 2 unspecified atom stereocenters. The molecule has 2 N–H and O–H groups in total. The summed E-state index contributed by atoms with van der Waals surface area (Å²) in [5.74, 6) is 0.121. The molecule has 2 nitrogen and oxygen atoms in total. The number of halogens is 2. The lowest BCUT2D eigenvalue weighted by Gasteiger charge is -2.24. The highest BCUT2D eigenvalue weighted by molar-refractivity contribution is 6.30. The van der Waals surface area contributed by atoms with Crippen molar-refractivity contribution in [2.75, 3.05) is 6.61 Å². The lowest BCUT2D eigenvalue weighted by Crippen LogP contribution is -2.31. The highest BCUT2D eigenvalue weighted by atomic mass is 35.5. The molecule has 1 aromatic carbocycles. The minimum Gasteiger partial charge on any atom is -0.376 e. The van der Waals surface area contributed by atoms with Gasteiger partial charge in [0.1, 0.15) is 5.82 Å². The van der Waals surface area contributed by atoms with Crippen LogP contribution in [0.4, 0.5) is 4.39 Å². The fourth-order valence-electron chi connectivity index (χ4n) is 2.10.